The minimum absolute atomic E-state index is 0.106. The van der Waals surface area contributed by atoms with Crippen LogP contribution in [0.15, 0.2) is 0 Å². The van der Waals surface area contributed by atoms with Gasteiger partial charge < -0.3 is 14.7 Å². The Labute approximate surface area is 103 Å². The first-order valence-electron chi connectivity index (χ1n) is 6.65. The molecule has 1 saturated heterocycles. The Morgan fingerprint density at radius 3 is 2.76 bits per heavy atom. The fraction of sp³-hybridized carbons (Fsp3) is 0.923. The van der Waals surface area contributed by atoms with Gasteiger partial charge in [0.2, 0.25) is 5.91 Å². The molecule has 98 valence electrons. The van der Waals surface area contributed by atoms with Gasteiger partial charge in [0.15, 0.2) is 0 Å². The molecular formula is C13H23NO3. The van der Waals surface area contributed by atoms with Crippen molar-refractivity contribution in [2.45, 2.75) is 56.6 Å². The first kappa shape index (κ1) is 12.8. The van der Waals surface area contributed by atoms with Gasteiger partial charge in [-0.15, -0.1) is 0 Å². The zero-order valence-corrected chi connectivity index (χ0v) is 10.7. The number of carbonyl (C=O) groups is 1. The molecule has 2 aliphatic rings. The van der Waals surface area contributed by atoms with Gasteiger partial charge in [-0.2, -0.15) is 0 Å². The predicted molar refractivity (Wildman–Crippen MR) is 64.6 cm³/mol. The smallest absolute Gasteiger partial charge is 0.225 e. The van der Waals surface area contributed by atoms with Crippen molar-refractivity contribution >= 4 is 5.91 Å². The van der Waals surface area contributed by atoms with Crippen LogP contribution in [0.25, 0.3) is 0 Å². The summed E-state index contributed by atoms with van der Waals surface area (Å²) in [5.74, 6) is 0.106. The molecular weight excluding hydrogens is 218 g/mol. The van der Waals surface area contributed by atoms with E-state index < -0.39 is 5.60 Å². The third-order valence-electron chi connectivity index (χ3n) is 4.07. The average Bonchev–Trinajstić information content (AvgIpc) is 2.88. The van der Waals surface area contributed by atoms with Crippen LogP contribution < -0.4 is 0 Å². The molecule has 0 spiro atoms. The minimum atomic E-state index is -0.725. The monoisotopic (exact) mass is 241 g/mol. The normalized spacial score (nSPS) is 27.6. The number of amides is 1. The lowest BCUT2D eigenvalue weighted by atomic mass is 9.97. The Balaban J connectivity index is 1.90. The van der Waals surface area contributed by atoms with Gasteiger partial charge in [-0.05, 0) is 25.7 Å². The van der Waals surface area contributed by atoms with Crippen molar-refractivity contribution in [2.75, 3.05) is 20.3 Å². The van der Waals surface area contributed by atoms with Gasteiger partial charge in [0.1, 0.15) is 0 Å². The van der Waals surface area contributed by atoms with Gasteiger partial charge in [-0.25, -0.2) is 0 Å². The van der Waals surface area contributed by atoms with Crippen LogP contribution in [0.5, 0.6) is 0 Å². The van der Waals surface area contributed by atoms with E-state index in [-0.39, 0.29) is 11.9 Å². The SMILES string of the molecule is COCC1CCCN1C(=O)CC1(O)CCCC1. The molecule has 2 rings (SSSR count). The van der Waals surface area contributed by atoms with E-state index in [4.69, 9.17) is 4.74 Å². The Morgan fingerprint density at radius 2 is 2.12 bits per heavy atom. The molecule has 1 aliphatic heterocycles. The van der Waals surface area contributed by atoms with E-state index in [0.717, 1.165) is 45.1 Å². The highest BCUT2D eigenvalue weighted by atomic mass is 16.5. The van der Waals surface area contributed by atoms with Crippen LogP contribution >= 0.6 is 0 Å². The van der Waals surface area contributed by atoms with Gasteiger partial charge in [0.05, 0.1) is 24.7 Å². The lowest BCUT2D eigenvalue weighted by Gasteiger charge is -2.28. The summed E-state index contributed by atoms with van der Waals surface area (Å²) in [5.41, 5.74) is -0.725. The standard InChI is InChI=1S/C13H23NO3/c1-17-10-11-5-4-8-14(11)12(15)9-13(16)6-2-3-7-13/h11,16H,2-10H2,1H3. The molecule has 0 aromatic heterocycles. The Morgan fingerprint density at radius 1 is 1.41 bits per heavy atom. The maximum atomic E-state index is 12.2. The van der Waals surface area contributed by atoms with Crippen molar-refractivity contribution in [1.29, 1.82) is 0 Å². The van der Waals surface area contributed by atoms with Gasteiger partial charge in [0.25, 0.3) is 0 Å². The van der Waals surface area contributed by atoms with Crippen LogP contribution in [0.1, 0.15) is 44.9 Å². The van der Waals surface area contributed by atoms with E-state index in [2.05, 4.69) is 0 Å². The molecule has 1 amide bonds. The minimum Gasteiger partial charge on any atom is -0.389 e. The van der Waals surface area contributed by atoms with Gasteiger partial charge >= 0.3 is 0 Å². The largest absolute Gasteiger partial charge is 0.389 e. The van der Waals surface area contributed by atoms with Crippen LogP contribution in [-0.4, -0.2) is 47.8 Å². The van der Waals surface area contributed by atoms with Crippen molar-refractivity contribution < 1.29 is 14.6 Å². The maximum absolute atomic E-state index is 12.2. The third kappa shape index (κ3) is 2.99. The van der Waals surface area contributed by atoms with Gasteiger partial charge in [0, 0.05) is 13.7 Å². The van der Waals surface area contributed by atoms with E-state index in [1.54, 1.807) is 7.11 Å². The Bertz CT molecular complexity index is 274. The molecule has 4 nitrogen and oxygen atoms in total. The van der Waals surface area contributed by atoms with Crippen LogP contribution in [0.3, 0.4) is 0 Å². The molecule has 1 unspecified atom stereocenters. The summed E-state index contributed by atoms with van der Waals surface area (Å²) in [7, 11) is 1.67. The molecule has 0 radical (unpaired) electrons. The van der Waals surface area contributed by atoms with Crippen molar-refractivity contribution in [1.82, 2.24) is 4.90 Å². The van der Waals surface area contributed by atoms with Crippen molar-refractivity contribution in [2.24, 2.45) is 0 Å². The lowest BCUT2D eigenvalue weighted by Crippen LogP contribution is -2.42. The summed E-state index contributed by atoms with van der Waals surface area (Å²) in [6.45, 7) is 1.44. The summed E-state index contributed by atoms with van der Waals surface area (Å²) >= 11 is 0. The van der Waals surface area contributed by atoms with E-state index in [1.165, 1.54) is 0 Å². The molecule has 2 fully saturated rings. The number of likely N-dealkylation sites (tertiary alicyclic amines) is 1. The summed E-state index contributed by atoms with van der Waals surface area (Å²) < 4.78 is 5.14. The van der Waals surface area contributed by atoms with Crippen LogP contribution in [0.4, 0.5) is 0 Å². The van der Waals surface area contributed by atoms with E-state index in [9.17, 15) is 9.90 Å². The van der Waals surface area contributed by atoms with Crippen molar-refractivity contribution in [3.05, 3.63) is 0 Å². The highest BCUT2D eigenvalue weighted by molar-refractivity contribution is 5.78. The number of carbonyl (C=O) groups excluding carboxylic acids is 1. The number of methoxy groups -OCH3 is 1. The highest BCUT2D eigenvalue weighted by Crippen LogP contribution is 2.33. The number of aliphatic hydroxyl groups is 1. The van der Waals surface area contributed by atoms with Crippen LogP contribution in [0, 0.1) is 0 Å². The molecule has 1 saturated carbocycles. The number of ether oxygens (including phenoxy) is 1. The fourth-order valence-corrected chi connectivity index (χ4v) is 3.12. The summed E-state index contributed by atoms with van der Waals surface area (Å²) in [5, 5.41) is 10.3. The average molecular weight is 241 g/mol. The summed E-state index contributed by atoms with van der Waals surface area (Å²) in [6.07, 6.45) is 6.03. The first-order valence-corrected chi connectivity index (χ1v) is 6.65. The molecule has 0 aromatic rings. The van der Waals surface area contributed by atoms with Gasteiger partial charge in [-0.3, -0.25) is 4.79 Å². The Kier molecular flexibility index (Phi) is 4.05. The molecule has 0 bridgehead atoms. The molecule has 1 heterocycles. The maximum Gasteiger partial charge on any atom is 0.225 e. The van der Waals surface area contributed by atoms with Crippen LogP contribution in [-0.2, 0) is 9.53 Å². The number of hydrogen-bond donors (Lipinski definition) is 1. The number of rotatable bonds is 4. The highest BCUT2D eigenvalue weighted by Gasteiger charge is 2.37. The third-order valence-corrected chi connectivity index (χ3v) is 4.07. The molecule has 1 atom stereocenters. The summed E-state index contributed by atoms with van der Waals surface area (Å²) in [6, 6.07) is 0.220. The van der Waals surface area contributed by atoms with Gasteiger partial charge in [-0.1, -0.05) is 12.8 Å². The molecule has 4 heteroatoms. The lowest BCUT2D eigenvalue weighted by molar-refractivity contribution is -0.138. The van der Waals surface area contributed by atoms with E-state index >= 15 is 0 Å². The quantitative estimate of drug-likeness (QED) is 0.807. The first-order chi connectivity index (χ1) is 8.14. The number of hydrogen-bond acceptors (Lipinski definition) is 3. The van der Waals surface area contributed by atoms with Crippen molar-refractivity contribution in [3.63, 3.8) is 0 Å². The summed E-state index contributed by atoms with van der Waals surface area (Å²) in [4.78, 5) is 14.1. The molecule has 17 heavy (non-hydrogen) atoms. The Hall–Kier alpha value is -0.610. The second-order valence-electron chi connectivity index (χ2n) is 5.45. The fourth-order valence-electron chi connectivity index (χ4n) is 3.12. The predicted octanol–water partition coefficient (Wildman–Crippen LogP) is 1.32. The topological polar surface area (TPSA) is 49.8 Å². The molecule has 1 aliphatic carbocycles. The second kappa shape index (κ2) is 5.36. The van der Waals surface area contributed by atoms with E-state index in [0.29, 0.717) is 13.0 Å². The molecule has 0 aromatic carbocycles. The zero-order valence-electron chi connectivity index (χ0n) is 10.7. The van der Waals surface area contributed by atoms with Crippen molar-refractivity contribution in [3.8, 4) is 0 Å². The molecule has 1 N–H and O–H groups in total. The van der Waals surface area contributed by atoms with Crippen LogP contribution in [0.2, 0.25) is 0 Å². The van der Waals surface area contributed by atoms with E-state index in [1.807, 2.05) is 4.90 Å². The zero-order chi connectivity index (χ0) is 12.3. The number of nitrogens with zero attached hydrogens (tertiary/aromatic N) is 1. The second-order valence-corrected chi connectivity index (χ2v) is 5.45.